The standard InChI is InChI=1S/C17H24N4/c1-2-4-8-17(7-3-1)21(13-16-11-19-14-20-16)12-15-6-5-9-18-10-15/h5-6,9-11,14,17H,1-4,7-8,12-13H2,(H,19,20). The monoisotopic (exact) mass is 284 g/mol. The quantitative estimate of drug-likeness (QED) is 0.854. The minimum Gasteiger partial charge on any atom is -0.347 e. The van der Waals surface area contributed by atoms with Gasteiger partial charge in [0.2, 0.25) is 0 Å². The molecule has 1 aliphatic carbocycles. The molecule has 0 aliphatic heterocycles. The smallest absolute Gasteiger partial charge is 0.0922 e. The van der Waals surface area contributed by atoms with Gasteiger partial charge in [-0.3, -0.25) is 9.88 Å². The van der Waals surface area contributed by atoms with E-state index in [0.29, 0.717) is 6.04 Å². The predicted molar refractivity (Wildman–Crippen MR) is 83.6 cm³/mol. The van der Waals surface area contributed by atoms with Gasteiger partial charge in [0.25, 0.3) is 0 Å². The Hall–Kier alpha value is -1.68. The summed E-state index contributed by atoms with van der Waals surface area (Å²) < 4.78 is 0. The summed E-state index contributed by atoms with van der Waals surface area (Å²) in [4.78, 5) is 14.2. The number of aromatic amines is 1. The molecule has 2 heterocycles. The zero-order chi connectivity index (χ0) is 14.3. The van der Waals surface area contributed by atoms with Crippen molar-refractivity contribution in [3.63, 3.8) is 0 Å². The van der Waals surface area contributed by atoms with Crippen LogP contribution in [0, 0.1) is 0 Å². The van der Waals surface area contributed by atoms with Crippen LogP contribution in [-0.4, -0.2) is 25.9 Å². The van der Waals surface area contributed by atoms with Crippen LogP contribution in [0.25, 0.3) is 0 Å². The van der Waals surface area contributed by atoms with Crippen molar-refractivity contribution >= 4 is 0 Å². The molecule has 4 nitrogen and oxygen atoms in total. The fraction of sp³-hybridized carbons (Fsp3) is 0.529. The van der Waals surface area contributed by atoms with Crippen LogP contribution in [0.2, 0.25) is 0 Å². The van der Waals surface area contributed by atoms with Crippen molar-refractivity contribution in [1.82, 2.24) is 19.9 Å². The number of nitrogens with zero attached hydrogens (tertiary/aromatic N) is 3. The molecule has 1 fully saturated rings. The predicted octanol–water partition coefficient (Wildman–Crippen LogP) is 3.53. The van der Waals surface area contributed by atoms with E-state index in [1.807, 2.05) is 24.7 Å². The highest BCUT2D eigenvalue weighted by Crippen LogP contribution is 2.24. The summed E-state index contributed by atoms with van der Waals surface area (Å²) in [5, 5.41) is 0. The minimum atomic E-state index is 0.677. The third-order valence-electron chi connectivity index (χ3n) is 4.38. The van der Waals surface area contributed by atoms with E-state index in [1.54, 1.807) is 6.33 Å². The Kier molecular flexibility index (Phi) is 5.00. The molecule has 2 aromatic rings. The van der Waals surface area contributed by atoms with Crippen LogP contribution in [0.3, 0.4) is 0 Å². The van der Waals surface area contributed by atoms with Gasteiger partial charge < -0.3 is 4.98 Å². The van der Waals surface area contributed by atoms with Crippen LogP contribution in [0.5, 0.6) is 0 Å². The first-order valence-corrected chi connectivity index (χ1v) is 8.02. The molecule has 2 aromatic heterocycles. The maximum Gasteiger partial charge on any atom is 0.0922 e. The summed E-state index contributed by atoms with van der Waals surface area (Å²) in [5.41, 5.74) is 2.49. The Bertz CT molecular complexity index is 501. The minimum absolute atomic E-state index is 0.677. The second kappa shape index (κ2) is 7.36. The third kappa shape index (κ3) is 4.14. The number of imidazole rings is 1. The van der Waals surface area contributed by atoms with Gasteiger partial charge in [0.15, 0.2) is 0 Å². The first kappa shape index (κ1) is 14.3. The first-order chi connectivity index (χ1) is 10.4. The number of aromatic nitrogens is 3. The van der Waals surface area contributed by atoms with Crippen molar-refractivity contribution in [2.75, 3.05) is 0 Å². The molecule has 0 bridgehead atoms. The highest BCUT2D eigenvalue weighted by Gasteiger charge is 2.21. The van der Waals surface area contributed by atoms with Crippen LogP contribution in [-0.2, 0) is 13.1 Å². The van der Waals surface area contributed by atoms with Gasteiger partial charge in [-0.25, -0.2) is 4.98 Å². The Morgan fingerprint density at radius 3 is 2.57 bits per heavy atom. The second-order valence-electron chi connectivity index (χ2n) is 5.99. The van der Waals surface area contributed by atoms with Crippen molar-refractivity contribution in [1.29, 1.82) is 0 Å². The molecule has 4 heteroatoms. The van der Waals surface area contributed by atoms with E-state index >= 15 is 0 Å². The number of nitrogens with one attached hydrogen (secondary N) is 1. The summed E-state index contributed by atoms with van der Waals surface area (Å²) in [6, 6.07) is 4.87. The average Bonchev–Trinajstić information content (AvgIpc) is 2.87. The van der Waals surface area contributed by atoms with Crippen LogP contribution < -0.4 is 0 Å². The van der Waals surface area contributed by atoms with Crippen LogP contribution in [0.4, 0.5) is 0 Å². The van der Waals surface area contributed by atoms with Gasteiger partial charge in [0.05, 0.1) is 6.33 Å². The SMILES string of the molecule is c1cncc(CN(Cc2cnc[nH]2)C2CCCCCC2)c1. The highest BCUT2D eigenvalue weighted by molar-refractivity contribution is 5.09. The van der Waals surface area contributed by atoms with E-state index in [0.717, 1.165) is 13.1 Å². The van der Waals surface area contributed by atoms with E-state index < -0.39 is 0 Å². The van der Waals surface area contributed by atoms with Gasteiger partial charge in [-0.2, -0.15) is 0 Å². The van der Waals surface area contributed by atoms with Crippen LogP contribution in [0.1, 0.15) is 49.8 Å². The Labute approximate surface area is 126 Å². The Balaban J connectivity index is 1.72. The van der Waals surface area contributed by atoms with Gasteiger partial charge >= 0.3 is 0 Å². The van der Waals surface area contributed by atoms with Crippen LogP contribution in [0.15, 0.2) is 37.1 Å². The Morgan fingerprint density at radius 1 is 1.05 bits per heavy atom. The molecule has 3 rings (SSSR count). The highest BCUT2D eigenvalue weighted by atomic mass is 15.2. The van der Waals surface area contributed by atoms with Crippen molar-refractivity contribution < 1.29 is 0 Å². The molecule has 1 N–H and O–H groups in total. The number of pyridine rings is 1. The summed E-state index contributed by atoms with van der Waals surface area (Å²) in [6.45, 7) is 1.91. The molecular formula is C17H24N4. The molecule has 1 saturated carbocycles. The number of H-pyrrole nitrogens is 1. The largest absolute Gasteiger partial charge is 0.347 e. The summed E-state index contributed by atoms with van der Waals surface area (Å²) in [5.74, 6) is 0. The maximum atomic E-state index is 4.25. The average molecular weight is 284 g/mol. The molecule has 0 radical (unpaired) electrons. The molecule has 0 aromatic carbocycles. The summed E-state index contributed by atoms with van der Waals surface area (Å²) in [7, 11) is 0. The van der Waals surface area contributed by atoms with Gasteiger partial charge in [-0.05, 0) is 24.5 Å². The van der Waals surface area contributed by atoms with Crippen molar-refractivity contribution in [2.24, 2.45) is 0 Å². The van der Waals surface area contributed by atoms with E-state index in [-0.39, 0.29) is 0 Å². The van der Waals surface area contributed by atoms with Gasteiger partial charge in [0, 0.05) is 43.4 Å². The molecule has 112 valence electrons. The van der Waals surface area contributed by atoms with E-state index in [2.05, 4.69) is 25.9 Å². The number of hydrogen-bond donors (Lipinski definition) is 1. The van der Waals surface area contributed by atoms with Gasteiger partial charge in [0.1, 0.15) is 0 Å². The summed E-state index contributed by atoms with van der Waals surface area (Å²) in [6.07, 6.45) is 15.7. The zero-order valence-electron chi connectivity index (χ0n) is 12.5. The molecule has 0 amide bonds. The molecule has 21 heavy (non-hydrogen) atoms. The van der Waals surface area contributed by atoms with E-state index in [1.165, 1.54) is 49.8 Å². The molecule has 0 atom stereocenters. The third-order valence-corrected chi connectivity index (χ3v) is 4.38. The van der Waals surface area contributed by atoms with Crippen molar-refractivity contribution in [3.05, 3.63) is 48.3 Å². The molecule has 0 saturated heterocycles. The normalized spacial score (nSPS) is 17.0. The van der Waals surface area contributed by atoms with Gasteiger partial charge in [-0.15, -0.1) is 0 Å². The van der Waals surface area contributed by atoms with Crippen molar-refractivity contribution in [2.45, 2.75) is 57.7 Å². The lowest BCUT2D eigenvalue weighted by Gasteiger charge is -2.30. The maximum absolute atomic E-state index is 4.25. The first-order valence-electron chi connectivity index (χ1n) is 8.02. The molecular weight excluding hydrogens is 260 g/mol. The molecule has 0 unspecified atom stereocenters. The number of rotatable bonds is 5. The fourth-order valence-electron chi connectivity index (χ4n) is 3.25. The molecule has 0 spiro atoms. The lowest BCUT2D eigenvalue weighted by Crippen LogP contribution is -2.34. The van der Waals surface area contributed by atoms with Gasteiger partial charge in [-0.1, -0.05) is 31.7 Å². The lowest BCUT2D eigenvalue weighted by molar-refractivity contribution is 0.159. The van der Waals surface area contributed by atoms with Crippen molar-refractivity contribution in [3.8, 4) is 0 Å². The molecule has 1 aliphatic rings. The van der Waals surface area contributed by atoms with E-state index in [9.17, 15) is 0 Å². The van der Waals surface area contributed by atoms with Crippen LogP contribution >= 0.6 is 0 Å². The zero-order valence-corrected chi connectivity index (χ0v) is 12.5. The topological polar surface area (TPSA) is 44.8 Å². The second-order valence-corrected chi connectivity index (χ2v) is 5.99. The van der Waals surface area contributed by atoms with E-state index in [4.69, 9.17) is 0 Å². The number of hydrogen-bond acceptors (Lipinski definition) is 3. The lowest BCUT2D eigenvalue weighted by atomic mass is 10.1. The Morgan fingerprint density at radius 2 is 1.90 bits per heavy atom. The summed E-state index contributed by atoms with van der Waals surface area (Å²) >= 11 is 0. The fourth-order valence-corrected chi connectivity index (χ4v) is 3.25.